The number of nitrogens with zero attached hydrogens (tertiary/aromatic N) is 2. The first-order chi connectivity index (χ1) is 12.4. The molecule has 0 aliphatic heterocycles. The smallest absolute Gasteiger partial charge is 0.0991 e. The summed E-state index contributed by atoms with van der Waals surface area (Å²) in [6.45, 7) is 0. The topological polar surface area (TPSA) is 17.8 Å². The van der Waals surface area contributed by atoms with Crippen molar-refractivity contribution in [2.45, 2.75) is 12.8 Å². The Kier molecular flexibility index (Phi) is 4.42. The molecule has 0 N–H and O–H groups in total. The Morgan fingerprint density at radius 3 is 1.68 bits per heavy atom. The summed E-state index contributed by atoms with van der Waals surface area (Å²) in [5.74, 6) is 0. The minimum absolute atomic E-state index is 0.914. The third kappa shape index (κ3) is 3.53. The van der Waals surface area contributed by atoms with E-state index in [1.54, 1.807) is 0 Å². The molecule has 0 radical (unpaired) electrons. The molecule has 0 saturated carbocycles. The molecule has 4 aromatic rings. The SMILES string of the molecule is c1ccc(Cc2cccc(Cc3ccccc3)c2-n2ccnc2)cc1. The van der Waals surface area contributed by atoms with Gasteiger partial charge in [0.25, 0.3) is 0 Å². The second kappa shape index (κ2) is 7.18. The van der Waals surface area contributed by atoms with Crippen molar-refractivity contribution in [3.8, 4) is 5.69 Å². The van der Waals surface area contributed by atoms with Crippen LogP contribution in [0.2, 0.25) is 0 Å². The summed E-state index contributed by atoms with van der Waals surface area (Å²) in [5.41, 5.74) is 6.52. The first-order valence-electron chi connectivity index (χ1n) is 8.57. The maximum absolute atomic E-state index is 4.26. The van der Waals surface area contributed by atoms with Crippen LogP contribution in [-0.2, 0) is 12.8 Å². The van der Waals surface area contributed by atoms with Gasteiger partial charge in [-0.25, -0.2) is 4.98 Å². The van der Waals surface area contributed by atoms with E-state index in [9.17, 15) is 0 Å². The summed E-state index contributed by atoms with van der Waals surface area (Å²) in [4.78, 5) is 4.26. The van der Waals surface area contributed by atoms with Crippen LogP contribution in [0.4, 0.5) is 0 Å². The van der Waals surface area contributed by atoms with Gasteiger partial charge in [-0.3, -0.25) is 0 Å². The summed E-state index contributed by atoms with van der Waals surface area (Å²) in [7, 11) is 0. The lowest BCUT2D eigenvalue weighted by atomic mass is 9.96. The second-order valence-electron chi connectivity index (χ2n) is 6.22. The molecule has 25 heavy (non-hydrogen) atoms. The maximum Gasteiger partial charge on any atom is 0.0991 e. The zero-order valence-corrected chi connectivity index (χ0v) is 14.0. The predicted molar refractivity (Wildman–Crippen MR) is 102 cm³/mol. The number of para-hydroxylation sites is 1. The molecule has 2 nitrogen and oxygen atoms in total. The van der Waals surface area contributed by atoms with Crippen LogP contribution < -0.4 is 0 Å². The van der Waals surface area contributed by atoms with Gasteiger partial charge in [-0.1, -0.05) is 78.9 Å². The number of rotatable bonds is 5. The number of aromatic nitrogens is 2. The summed E-state index contributed by atoms with van der Waals surface area (Å²) in [5, 5.41) is 0. The van der Waals surface area contributed by atoms with Crippen molar-refractivity contribution in [2.24, 2.45) is 0 Å². The van der Waals surface area contributed by atoms with Gasteiger partial charge in [-0.15, -0.1) is 0 Å². The van der Waals surface area contributed by atoms with Gasteiger partial charge in [0.05, 0.1) is 12.0 Å². The van der Waals surface area contributed by atoms with Crippen LogP contribution in [0.1, 0.15) is 22.3 Å². The van der Waals surface area contributed by atoms with Crippen molar-refractivity contribution in [1.29, 1.82) is 0 Å². The van der Waals surface area contributed by atoms with E-state index >= 15 is 0 Å². The average Bonchev–Trinajstić information content (AvgIpc) is 3.18. The fraction of sp³-hybridized carbons (Fsp3) is 0.0870. The molecule has 0 spiro atoms. The van der Waals surface area contributed by atoms with Gasteiger partial charge in [0, 0.05) is 12.4 Å². The van der Waals surface area contributed by atoms with Gasteiger partial charge in [0.15, 0.2) is 0 Å². The van der Waals surface area contributed by atoms with Gasteiger partial charge >= 0.3 is 0 Å². The molecule has 2 heteroatoms. The highest BCUT2D eigenvalue weighted by molar-refractivity contribution is 5.51. The van der Waals surface area contributed by atoms with E-state index in [2.05, 4.69) is 88.4 Å². The zero-order valence-electron chi connectivity index (χ0n) is 14.0. The molecule has 0 aliphatic carbocycles. The van der Waals surface area contributed by atoms with Crippen molar-refractivity contribution in [2.75, 3.05) is 0 Å². The Labute approximate surface area is 148 Å². The van der Waals surface area contributed by atoms with Crippen LogP contribution in [-0.4, -0.2) is 9.55 Å². The van der Waals surface area contributed by atoms with E-state index in [0.717, 1.165) is 12.8 Å². The molecule has 0 atom stereocenters. The summed E-state index contributed by atoms with van der Waals surface area (Å²) in [6, 6.07) is 27.8. The fourth-order valence-electron chi connectivity index (χ4n) is 3.28. The van der Waals surface area contributed by atoms with E-state index in [1.165, 1.54) is 27.9 Å². The van der Waals surface area contributed by atoms with E-state index in [4.69, 9.17) is 0 Å². The van der Waals surface area contributed by atoms with Gasteiger partial charge in [0.1, 0.15) is 0 Å². The van der Waals surface area contributed by atoms with Crippen LogP contribution in [0, 0.1) is 0 Å². The van der Waals surface area contributed by atoms with Crippen LogP contribution in [0.3, 0.4) is 0 Å². The zero-order chi connectivity index (χ0) is 16.9. The second-order valence-corrected chi connectivity index (χ2v) is 6.22. The van der Waals surface area contributed by atoms with Crippen molar-refractivity contribution < 1.29 is 0 Å². The quantitative estimate of drug-likeness (QED) is 0.502. The number of hydrogen-bond acceptors (Lipinski definition) is 1. The van der Waals surface area contributed by atoms with Crippen LogP contribution in [0.5, 0.6) is 0 Å². The lowest BCUT2D eigenvalue weighted by molar-refractivity contribution is 0.982. The monoisotopic (exact) mass is 324 g/mol. The highest BCUT2D eigenvalue weighted by Gasteiger charge is 2.11. The lowest BCUT2D eigenvalue weighted by Gasteiger charge is -2.16. The fourth-order valence-corrected chi connectivity index (χ4v) is 3.28. The molecular formula is C23H20N2. The molecule has 122 valence electrons. The number of hydrogen-bond donors (Lipinski definition) is 0. The Morgan fingerprint density at radius 2 is 1.20 bits per heavy atom. The van der Waals surface area contributed by atoms with Crippen molar-refractivity contribution in [3.05, 3.63) is 120 Å². The van der Waals surface area contributed by atoms with E-state index in [1.807, 2.05) is 18.7 Å². The summed E-state index contributed by atoms with van der Waals surface area (Å²) in [6.07, 6.45) is 7.58. The van der Waals surface area contributed by atoms with Crippen molar-refractivity contribution >= 4 is 0 Å². The highest BCUT2D eigenvalue weighted by atomic mass is 15.0. The molecule has 0 unspecified atom stereocenters. The molecular weight excluding hydrogens is 304 g/mol. The Balaban J connectivity index is 1.77. The van der Waals surface area contributed by atoms with Gasteiger partial charge in [-0.2, -0.15) is 0 Å². The Hall–Kier alpha value is -3.13. The van der Waals surface area contributed by atoms with Crippen molar-refractivity contribution in [3.63, 3.8) is 0 Å². The third-order valence-electron chi connectivity index (χ3n) is 4.44. The average molecular weight is 324 g/mol. The van der Waals surface area contributed by atoms with Gasteiger partial charge in [-0.05, 0) is 35.1 Å². The molecule has 0 fully saturated rings. The minimum atomic E-state index is 0.914. The molecule has 0 amide bonds. The molecule has 1 aromatic heterocycles. The first-order valence-corrected chi connectivity index (χ1v) is 8.57. The molecule has 4 rings (SSSR count). The van der Waals surface area contributed by atoms with Crippen LogP contribution in [0.25, 0.3) is 5.69 Å². The lowest BCUT2D eigenvalue weighted by Crippen LogP contribution is -2.04. The van der Waals surface area contributed by atoms with Gasteiger partial charge < -0.3 is 4.57 Å². The largest absolute Gasteiger partial charge is 0.306 e. The molecule has 0 aliphatic rings. The Bertz CT molecular complexity index is 867. The third-order valence-corrected chi connectivity index (χ3v) is 4.44. The highest BCUT2D eigenvalue weighted by Crippen LogP contribution is 2.25. The predicted octanol–water partition coefficient (Wildman–Crippen LogP) is 5.05. The molecule has 0 saturated heterocycles. The van der Waals surface area contributed by atoms with Crippen molar-refractivity contribution in [1.82, 2.24) is 9.55 Å². The van der Waals surface area contributed by atoms with E-state index < -0.39 is 0 Å². The Morgan fingerprint density at radius 1 is 0.640 bits per heavy atom. The molecule has 3 aromatic carbocycles. The van der Waals surface area contributed by atoms with Crippen LogP contribution >= 0.6 is 0 Å². The maximum atomic E-state index is 4.26. The van der Waals surface area contributed by atoms with Crippen LogP contribution in [0.15, 0.2) is 97.6 Å². The van der Waals surface area contributed by atoms with E-state index in [0.29, 0.717) is 0 Å². The number of benzene rings is 3. The standard InChI is InChI=1S/C23H20N2/c1-3-8-19(9-4-1)16-21-12-7-13-22(17-20-10-5-2-6-11-20)23(21)25-15-14-24-18-25/h1-15,18H,16-17H2. The number of imidazole rings is 1. The minimum Gasteiger partial charge on any atom is -0.306 e. The first kappa shape index (κ1) is 15.4. The molecule has 1 heterocycles. The van der Waals surface area contributed by atoms with E-state index in [-0.39, 0.29) is 0 Å². The molecule has 0 bridgehead atoms. The van der Waals surface area contributed by atoms with Gasteiger partial charge in [0.2, 0.25) is 0 Å². The summed E-state index contributed by atoms with van der Waals surface area (Å²) >= 11 is 0. The summed E-state index contributed by atoms with van der Waals surface area (Å²) < 4.78 is 2.14. The normalized spacial score (nSPS) is 10.7.